The molecule has 2 heterocycles. The molecule has 0 bridgehead atoms. The molecule has 1 unspecified atom stereocenters. The maximum absolute atomic E-state index is 11.8. The number of ether oxygens (including phenoxy) is 1. The van der Waals surface area contributed by atoms with Crippen LogP contribution in [0.25, 0.3) is 4.96 Å². The van der Waals surface area contributed by atoms with E-state index in [1.807, 2.05) is 17.3 Å². The molecule has 0 amide bonds. The van der Waals surface area contributed by atoms with Gasteiger partial charge in [0.15, 0.2) is 4.96 Å². The normalized spacial score (nSPS) is 13.3. The fourth-order valence-electron chi connectivity index (χ4n) is 1.91. The maximum atomic E-state index is 11.8. The predicted molar refractivity (Wildman–Crippen MR) is 73.6 cm³/mol. The highest BCUT2D eigenvalue weighted by atomic mass is 32.1. The molecule has 0 fully saturated rings. The molecular formula is C12H17N3O3S. The van der Waals surface area contributed by atoms with Crippen molar-refractivity contribution in [1.82, 2.24) is 14.3 Å². The standard InChI is InChI=1S/C12H17N3O3S/c1-14(7-10(16)8-18-2)6-9-5-11(17)15-3-4-19-12(15)13-9/h3-5,10,16H,6-8H2,1-2H3. The quantitative estimate of drug-likeness (QED) is 0.820. The summed E-state index contributed by atoms with van der Waals surface area (Å²) in [4.78, 5) is 18.8. The Balaban J connectivity index is 2.06. The summed E-state index contributed by atoms with van der Waals surface area (Å²) in [5.41, 5.74) is 0.631. The lowest BCUT2D eigenvalue weighted by atomic mass is 10.3. The number of likely N-dealkylation sites (N-methyl/N-ethyl adjacent to an activating group) is 1. The van der Waals surface area contributed by atoms with Crippen molar-refractivity contribution in [2.75, 3.05) is 27.3 Å². The third kappa shape index (κ3) is 3.60. The smallest absolute Gasteiger partial charge is 0.258 e. The Morgan fingerprint density at radius 1 is 1.63 bits per heavy atom. The Hall–Kier alpha value is -1.28. The van der Waals surface area contributed by atoms with E-state index in [1.54, 1.807) is 13.3 Å². The maximum Gasteiger partial charge on any atom is 0.258 e. The van der Waals surface area contributed by atoms with Gasteiger partial charge in [-0.15, -0.1) is 11.3 Å². The van der Waals surface area contributed by atoms with Gasteiger partial charge in [0.25, 0.3) is 5.56 Å². The SMILES string of the molecule is COCC(O)CN(C)Cc1cc(=O)n2ccsc2n1. The van der Waals surface area contributed by atoms with Gasteiger partial charge in [-0.3, -0.25) is 14.1 Å². The van der Waals surface area contributed by atoms with Gasteiger partial charge in [0, 0.05) is 37.8 Å². The van der Waals surface area contributed by atoms with Gasteiger partial charge in [-0.2, -0.15) is 0 Å². The van der Waals surface area contributed by atoms with Crippen LogP contribution in [-0.2, 0) is 11.3 Å². The second-order valence-corrected chi connectivity index (χ2v) is 5.32. The average Bonchev–Trinajstić information content (AvgIpc) is 2.77. The zero-order valence-electron chi connectivity index (χ0n) is 10.9. The zero-order valence-corrected chi connectivity index (χ0v) is 11.8. The predicted octanol–water partition coefficient (Wildman–Crippen LogP) is 0.195. The molecule has 0 saturated heterocycles. The number of fused-ring (bicyclic) bond motifs is 1. The second-order valence-electron chi connectivity index (χ2n) is 4.45. The minimum absolute atomic E-state index is 0.0768. The van der Waals surface area contributed by atoms with E-state index in [1.165, 1.54) is 21.8 Å². The first-order chi connectivity index (χ1) is 9.10. The van der Waals surface area contributed by atoms with Crippen LogP contribution in [0, 0.1) is 0 Å². The number of aromatic nitrogens is 2. The molecule has 6 nitrogen and oxygen atoms in total. The van der Waals surface area contributed by atoms with E-state index >= 15 is 0 Å². The van der Waals surface area contributed by atoms with E-state index in [2.05, 4.69) is 4.98 Å². The van der Waals surface area contributed by atoms with Gasteiger partial charge in [0.05, 0.1) is 18.4 Å². The fraction of sp³-hybridized carbons (Fsp3) is 0.500. The largest absolute Gasteiger partial charge is 0.389 e. The first-order valence-corrected chi connectivity index (χ1v) is 6.79. The van der Waals surface area contributed by atoms with Gasteiger partial charge in [-0.05, 0) is 7.05 Å². The Bertz CT molecular complexity index is 595. The van der Waals surface area contributed by atoms with Crippen molar-refractivity contribution in [2.24, 2.45) is 0 Å². The third-order valence-corrected chi connectivity index (χ3v) is 3.43. The Kier molecular flexibility index (Phi) is 4.65. The highest BCUT2D eigenvalue weighted by Gasteiger charge is 2.10. The van der Waals surface area contributed by atoms with Crippen molar-refractivity contribution in [1.29, 1.82) is 0 Å². The number of nitrogens with zero attached hydrogens (tertiary/aromatic N) is 3. The number of rotatable bonds is 6. The first-order valence-electron chi connectivity index (χ1n) is 5.91. The van der Waals surface area contributed by atoms with Gasteiger partial charge < -0.3 is 9.84 Å². The molecule has 19 heavy (non-hydrogen) atoms. The molecule has 0 aliphatic heterocycles. The fourth-order valence-corrected chi connectivity index (χ4v) is 2.65. The number of hydrogen-bond donors (Lipinski definition) is 1. The summed E-state index contributed by atoms with van der Waals surface area (Å²) < 4.78 is 6.40. The summed E-state index contributed by atoms with van der Waals surface area (Å²) >= 11 is 1.43. The lowest BCUT2D eigenvalue weighted by Crippen LogP contribution is -2.32. The van der Waals surface area contributed by atoms with Gasteiger partial charge in [-0.1, -0.05) is 0 Å². The third-order valence-electron chi connectivity index (χ3n) is 2.67. The van der Waals surface area contributed by atoms with E-state index in [0.717, 1.165) is 0 Å². The zero-order chi connectivity index (χ0) is 13.8. The van der Waals surface area contributed by atoms with Crippen molar-refractivity contribution >= 4 is 16.3 Å². The molecule has 0 aliphatic rings. The molecule has 0 aromatic carbocycles. The molecule has 2 rings (SSSR count). The summed E-state index contributed by atoms with van der Waals surface area (Å²) in [7, 11) is 3.42. The lowest BCUT2D eigenvalue weighted by molar-refractivity contribution is 0.0417. The molecule has 7 heteroatoms. The molecule has 104 valence electrons. The van der Waals surface area contributed by atoms with Gasteiger partial charge in [-0.25, -0.2) is 4.98 Å². The molecule has 0 saturated carbocycles. The van der Waals surface area contributed by atoms with E-state index in [-0.39, 0.29) is 5.56 Å². The minimum Gasteiger partial charge on any atom is -0.389 e. The monoisotopic (exact) mass is 283 g/mol. The van der Waals surface area contributed by atoms with E-state index in [0.29, 0.717) is 30.4 Å². The molecule has 0 spiro atoms. The number of thiazole rings is 1. The van der Waals surface area contributed by atoms with Gasteiger partial charge in [0.1, 0.15) is 0 Å². The van der Waals surface area contributed by atoms with Crippen LogP contribution in [-0.4, -0.2) is 52.8 Å². The van der Waals surface area contributed by atoms with Crippen molar-refractivity contribution in [3.63, 3.8) is 0 Å². The number of aliphatic hydroxyl groups excluding tert-OH is 1. The number of methoxy groups -OCH3 is 1. The van der Waals surface area contributed by atoms with Crippen molar-refractivity contribution in [3.8, 4) is 0 Å². The van der Waals surface area contributed by atoms with E-state index in [9.17, 15) is 9.90 Å². The van der Waals surface area contributed by atoms with E-state index < -0.39 is 6.10 Å². The van der Waals surface area contributed by atoms with Crippen LogP contribution >= 0.6 is 11.3 Å². The number of aliphatic hydroxyl groups is 1. The van der Waals surface area contributed by atoms with Crippen LogP contribution in [0.3, 0.4) is 0 Å². The molecule has 2 aromatic heterocycles. The molecule has 1 N–H and O–H groups in total. The average molecular weight is 283 g/mol. The first kappa shape index (κ1) is 14.1. The van der Waals surface area contributed by atoms with Crippen molar-refractivity contribution < 1.29 is 9.84 Å². The van der Waals surface area contributed by atoms with Gasteiger partial charge >= 0.3 is 0 Å². The summed E-state index contributed by atoms with van der Waals surface area (Å²) in [6, 6.07) is 1.53. The van der Waals surface area contributed by atoms with Crippen LogP contribution in [0.5, 0.6) is 0 Å². The van der Waals surface area contributed by atoms with Crippen LogP contribution in [0.15, 0.2) is 22.4 Å². The molecular weight excluding hydrogens is 266 g/mol. The van der Waals surface area contributed by atoms with Crippen molar-refractivity contribution in [2.45, 2.75) is 12.6 Å². The summed E-state index contributed by atoms with van der Waals surface area (Å²) in [6.07, 6.45) is 1.17. The topological polar surface area (TPSA) is 67.1 Å². The van der Waals surface area contributed by atoms with E-state index in [4.69, 9.17) is 4.74 Å². The molecule has 0 radical (unpaired) electrons. The highest BCUT2D eigenvalue weighted by molar-refractivity contribution is 7.15. The van der Waals surface area contributed by atoms with Crippen LogP contribution < -0.4 is 5.56 Å². The summed E-state index contributed by atoms with van der Waals surface area (Å²) in [6.45, 7) is 1.29. The summed E-state index contributed by atoms with van der Waals surface area (Å²) in [5.74, 6) is 0. The highest BCUT2D eigenvalue weighted by Crippen LogP contribution is 2.07. The Labute approximate surface area is 114 Å². The molecule has 0 aliphatic carbocycles. The number of hydrogen-bond acceptors (Lipinski definition) is 6. The van der Waals surface area contributed by atoms with Crippen LogP contribution in [0.2, 0.25) is 0 Å². The van der Waals surface area contributed by atoms with Gasteiger partial charge in [0.2, 0.25) is 0 Å². The Morgan fingerprint density at radius 3 is 3.16 bits per heavy atom. The van der Waals surface area contributed by atoms with Crippen LogP contribution in [0.4, 0.5) is 0 Å². The minimum atomic E-state index is -0.540. The van der Waals surface area contributed by atoms with Crippen LogP contribution in [0.1, 0.15) is 5.69 Å². The lowest BCUT2D eigenvalue weighted by Gasteiger charge is -2.19. The van der Waals surface area contributed by atoms with Crippen molar-refractivity contribution in [3.05, 3.63) is 33.7 Å². The molecule has 1 atom stereocenters. The second kappa shape index (κ2) is 6.25. The molecule has 2 aromatic rings. The Morgan fingerprint density at radius 2 is 2.42 bits per heavy atom. The summed E-state index contributed by atoms with van der Waals surface area (Å²) in [5, 5.41) is 11.5.